The maximum atomic E-state index is 13.0. The van der Waals surface area contributed by atoms with Crippen molar-refractivity contribution in [3.05, 3.63) is 39.9 Å². The molecule has 1 amide bonds. The molecule has 2 heterocycles. The monoisotopic (exact) mass is 417 g/mol. The number of hydrogen-bond acceptors (Lipinski definition) is 4. The van der Waals surface area contributed by atoms with Crippen LogP contribution in [0.3, 0.4) is 0 Å². The Kier molecular flexibility index (Phi) is 7.29. The third-order valence-corrected chi connectivity index (χ3v) is 4.92. The lowest BCUT2D eigenvalue weighted by atomic mass is 10.2. The molecule has 1 N–H and O–H groups in total. The molecule has 0 bridgehead atoms. The molecule has 1 aromatic heterocycles. The maximum Gasteiger partial charge on any atom is 0.293 e. The van der Waals surface area contributed by atoms with Crippen LogP contribution >= 0.6 is 35.6 Å². The molecule has 0 aliphatic carbocycles. The molecule has 6 nitrogen and oxygen atoms in total. The van der Waals surface area contributed by atoms with Crippen LogP contribution in [0.1, 0.15) is 36.2 Å². The van der Waals surface area contributed by atoms with Gasteiger partial charge < -0.3 is 10.2 Å². The molecule has 142 valence electrons. The molecule has 9 heteroatoms. The SMILES string of the molecule is CCCN(C(=O)c1nc(C)n(-c2c(Cl)cccc2Cl)n1)C1CCNC1.Cl. The van der Waals surface area contributed by atoms with Crippen LogP contribution in [0.4, 0.5) is 0 Å². The Morgan fingerprint density at radius 3 is 2.65 bits per heavy atom. The first-order valence-corrected chi connectivity index (χ1v) is 9.18. The van der Waals surface area contributed by atoms with Crippen molar-refractivity contribution in [3.63, 3.8) is 0 Å². The second kappa shape index (κ2) is 9.04. The van der Waals surface area contributed by atoms with Crippen molar-refractivity contribution < 1.29 is 4.79 Å². The van der Waals surface area contributed by atoms with Crippen LogP contribution in [-0.4, -0.2) is 51.2 Å². The molecule has 26 heavy (non-hydrogen) atoms. The Morgan fingerprint density at radius 2 is 2.08 bits per heavy atom. The van der Waals surface area contributed by atoms with E-state index in [9.17, 15) is 4.79 Å². The predicted molar refractivity (Wildman–Crippen MR) is 106 cm³/mol. The highest BCUT2D eigenvalue weighted by Crippen LogP contribution is 2.28. The zero-order valence-corrected chi connectivity index (χ0v) is 17.0. The van der Waals surface area contributed by atoms with Crippen molar-refractivity contribution in [2.45, 2.75) is 32.7 Å². The van der Waals surface area contributed by atoms with Gasteiger partial charge in [0.15, 0.2) is 0 Å². The molecule has 1 unspecified atom stereocenters. The van der Waals surface area contributed by atoms with E-state index in [4.69, 9.17) is 23.2 Å². The quantitative estimate of drug-likeness (QED) is 0.807. The van der Waals surface area contributed by atoms with E-state index in [-0.39, 0.29) is 30.2 Å². The van der Waals surface area contributed by atoms with Gasteiger partial charge in [0.25, 0.3) is 5.91 Å². The number of hydrogen-bond donors (Lipinski definition) is 1. The van der Waals surface area contributed by atoms with E-state index in [0.717, 1.165) is 25.9 Å². The molecule has 1 aliphatic heterocycles. The average Bonchev–Trinajstić information content (AvgIpc) is 3.22. The lowest BCUT2D eigenvalue weighted by Gasteiger charge is -2.26. The van der Waals surface area contributed by atoms with Crippen LogP contribution in [0.25, 0.3) is 5.69 Å². The zero-order valence-electron chi connectivity index (χ0n) is 14.7. The zero-order chi connectivity index (χ0) is 18.0. The van der Waals surface area contributed by atoms with Crippen molar-refractivity contribution in [2.24, 2.45) is 0 Å². The molecular formula is C17H22Cl3N5O. The summed E-state index contributed by atoms with van der Waals surface area (Å²) in [6.45, 7) is 6.26. The van der Waals surface area contributed by atoms with E-state index in [1.54, 1.807) is 25.1 Å². The molecule has 0 radical (unpaired) electrons. The Bertz CT molecular complexity index is 754. The molecule has 1 atom stereocenters. The molecule has 2 aromatic rings. The first-order valence-electron chi connectivity index (χ1n) is 8.42. The maximum absolute atomic E-state index is 13.0. The number of halogens is 3. The van der Waals surface area contributed by atoms with Gasteiger partial charge in [0, 0.05) is 19.1 Å². The van der Waals surface area contributed by atoms with Crippen molar-refractivity contribution in [3.8, 4) is 5.69 Å². The Balaban J connectivity index is 0.00000243. The van der Waals surface area contributed by atoms with Crippen molar-refractivity contribution in [2.75, 3.05) is 19.6 Å². The van der Waals surface area contributed by atoms with Crippen LogP contribution in [-0.2, 0) is 0 Å². The summed E-state index contributed by atoms with van der Waals surface area (Å²) < 4.78 is 1.54. The number of carbonyl (C=O) groups excluding carboxylic acids is 1. The molecule has 0 saturated carbocycles. The highest BCUT2D eigenvalue weighted by atomic mass is 35.5. The summed E-state index contributed by atoms with van der Waals surface area (Å²) in [5.74, 6) is 0.591. The molecule has 3 rings (SSSR count). The van der Waals surface area contributed by atoms with Gasteiger partial charge >= 0.3 is 0 Å². The topological polar surface area (TPSA) is 63.1 Å². The average molecular weight is 419 g/mol. The van der Waals surface area contributed by atoms with Crippen molar-refractivity contribution >= 4 is 41.5 Å². The van der Waals surface area contributed by atoms with Gasteiger partial charge in [-0.25, -0.2) is 9.67 Å². The van der Waals surface area contributed by atoms with Gasteiger partial charge in [-0.1, -0.05) is 36.2 Å². The number of rotatable bonds is 5. The number of amides is 1. The smallest absolute Gasteiger partial charge is 0.293 e. The summed E-state index contributed by atoms with van der Waals surface area (Å²) in [5, 5.41) is 8.63. The number of aryl methyl sites for hydroxylation is 1. The minimum absolute atomic E-state index is 0. The largest absolute Gasteiger partial charge is 0.332 e. The van der Waals surface area contributed by atoms with Crippen molar-refractivity contribution in [1.82, 2.24) is 25.0 Å². The van der Waals surface area contributed by atoms with E-state index in [2.05, 4.69) is 22.3 Å². The van der Waals surface area contributed by atoms with E-state index < -0.39 is 0 Å². The van der Waals surface area contributed by atoms with Crippen LogP contribution < -0.4 is 5.32 Å². The van der Waals surface area contributed by atoms with Crippen molar-refractivity contribution in [1.29, 1.82) is 0 Å². The van der Waals surface area contributed by atoms with Gasteiger partial charge in [-0.2, -0.15) is 0 Å². The highest BCUT2D eigenvalue weighted by molar-refractivity contribution is 6.37. The van der Waals surface area contributed by atoms with Gasteiger partial charge in [0.05, 0.1) is 10.0 Å². The van der Waals surface area contributed by atoms with Crippen LogP contribution in [0, 0.1) is 6.92 Å². The van der Waals surface area contributed by atoms with Gasteiger partial charge in [0.2, 0.25) is 5.82 Å². The first-order chi connectivity index (χ1) is 12.0. The molecule has 1 fully saturated rings. The van der Waals surface area contributed by atoms with E-state index >= 15 is 0 Å². The standard InChI is InChI=1S/C17H21Cl2N5O.ClH/c1-3-9-23(12-7-8-20-10-12)17(25)16-21-11(2)24(22-16)15-13(18)5-4-6-14(15)19;/h4-6,12,20H,3,7-10H2,1-2H3;1H. The fourth-order valence-electron chi connectivity index (χ4n) is 3.11. The van der Waals surface area contributed by atoms with Gasteiger partial charge in [-0.15, -0.1) is 17.5 Å². The second-order valence-corrected chi connectivity index (χ2v) is 6.92. The third kappa shape index (κ3) is 4.14. The predicted octanol–water partition coefficient (Wildman–Crippen LogP) is 3.52. The number of carbonyl (C=O) groups is 1. The van der Waals surface area contributed by atoms with E-state index in [1.165, 1.54) is 4.68 Å². The number of para-hydroxylation sites is 1. The van der Waals surface area contributed by atoms with Crippen LogP contribution in [0.2, 0.25) is 10.0 Å². The number of benzene rings is 1. The molecule has 1 aliphatic rings. The Hall–Kier alpha value is -1.34. The van der Waals surface area contributed by atoms with E-state index in [1.807, 2.05) is 4.90 Å². The highest BCUT2D eigenvalue weighted by Gasteiger charge is 2.29. The Labute approximate surface area is 169 Å². The van der Waals surface area contributed by atoms with Gasteiger partial charge in [0.1, 0.15) is 11.5 Å². The third-order valence-electron chi connectivity index (χ3n) is 4.31. The minimum atomic E-state index is -0.152. The summed E-state index contributed by atoms with van der Waals surface area (Å²) in [6, 6.07) is 5.42. The summed E-state index contributed by atoms with van der Waals surface area (Å²) in [5.41, 5.74) is 0.541. The summed E-state index contributed by atoms with van der Waals surface area (Å²) in [7, 11) is 0. The van der Waals surface area contributed by atoms with Gasteiger partial charge in [-0.05, 0) is 38.4 Å². The molecule has 1 saturated heterocycles. The number of aromatic nitrogens is 3. The second-order valence-electron chi connectivity index (χ2n) is 6.11. The molecule has 1 aromatic carbocycles. The number of nitrogens with zero attached hydrogens (tertiary/aromatic N) is 4. The summed E-state index contributed by atoms with van der Waals surface area (Å²) >= 11 is 12.5. The van der Waals surface area contributed by atoms with Crippen LogP contribution in [0.15, 0.2) is 18.2 Å². The fourth-order valence-corrected chi connectivity index (χ4v) is 3.67. The van der Waals surface area contributed by atoms with E-state index in [0.29, 0.717) is 28.1 Å². The normalized spacial score (nSPS) is 16.4. The lowest BCUT2D eigenvalue weighted by molar-refractivity contribution is 0.0679. The fraction of sp³-hybridized carbons (Fsp3) is 0.471. The summed E-state index contributed by atoms with van der Waals surface area (Å²) in [6.07, 6.45) is 1.83. The van der Waals surface area contributed by atoms with Gasteiger partial charge in [-0.3, -0.25) is 4.79 Å². The number of nitrogens with one attached hydrogen (secondary N) is 1. The van der Waals surface area contributed by atoms with Crippen LogP contribution in [0.5, 0.6) is 0 Å². The molecular weight excluding hydrogens is 397 g/mol. The minimum Gasteiger partial charge on any atom is -0.332 e. The lowest BCUT2D eigenvalue weighted by Crippen LogP contribution is -2.42. The Morgan fingerprint density at radius 1 is 1.38 bits per heavy atom. The molecule has 0 spiro atoms. The first kappa shape index (κ1) is 21.0. The summed E-state index contributed by atoms with van der Waals surface area (Å²) in [4.78, 5) is 19.2.